The van der Waals surface area contributed by atoms with E-state index in [4.69, 9.17) is 10.9 Å². The van der Waals surface area contributed by atoms with Gasteiger partial charge in [-0.15, -0.1) is 0 Å². The van der Waals surface area contributed by atoms with Crippen LogP contribution in [0.4, 0.5) is 0 Å². The monoisotopic (exact) mass is 238 g/mol. The Morgan fingerprint density at radius 1 is 1.67 bits per heavy atom. The first-order valence-corrected chi connectivity index (χ1v) is 5.97. The zero-order chi connectivity index (χ0) is 12.1. The van der Waals surface area contributed by atoms with Gasteiger partial charge in [-0.25, -0.2) is 4.72 Å². The van der Waals surface area contributed by atoms with Crippen molar-refractivity contribution in [3.8, 4) is 0 Å². The van der Waals surface area contributed by atoms with E-state index in [2.05, 4.69) is 9.88 Å². The number of amidine groups is 1. The van der Waals surface area contributed by atoms with Gasteiger partial charge in [0.05, 0.1) is 0 Å². The van der Waals surface area contributed by atoms with Crippen molar-refractivity contribution in [1.82, 2.24) is 9.03 Å². The summed E-state index contributed by atoms with van der Waals surface area (Å²) in [4.78, 5) is 0. The fourth-order valence-electron chi connectivity index (χ4n) is 0.968. The summed E-state index contributed by atoms with van der Waals surface area (Å²) >= 11 is 0. The molecule has 90 valence electrons. The lowest BCUT2D eigenvalue weighted by atomic mass is 10.2. The van der Waals surface area contributed by atoms with Gasteiger partial charge in [0.15, 0.2) is 0 Å². The normalized spacial score (nSPS) is 15.6. The number of hydrogen-bond donors (Lipinski definition) is 3. The molecule has 0 aliphatic heterocycles. The molecule has 1 atom stereocenters. The van der Waals surface area contributed by atoms with Crippen LogP contribution in [0.15, 0.2) is 5.16 Å². The maximum atomic E-state index is 11.4. The summed E-state index contributed by atoms with van der Waals surface area (Å²) in [5.74, 6) is -0.332. The molecule has 0 rings (SSSR count). The molecule has 0 aromatic rings. The molecule has 0 aromatic heterocycles. The van der Waals surface area contributed by atoms with Crippen LogP contribution in [0.1, 0.15) is 13.8 Å². The highest BCUT2D eigenvalue weighted by atomic mass is 32.2. The van der Waals surface area contributed by atoms with E-state index in [9.17, 15) is 8.42 Å². The van der Waals surface area contributed by atoms with Gasteiger partial charge in [-0.05, 0) is 0 Å². The Labute approximate surface area is 90.1 Å². The summed E-state index contributed by atoms with van der Waals surface area (Å²) in [6.07, 6.45) is 0. The van der Waals surface area contributed by atoms with E-state index in [1.54, 1.807) is 13.8 Å². The molecule has 0 radical (unpaired) electrons. The summed E-state index contributed by atoms with van der Waals surface area (Å²) in [6, 6.07) is 0. The van der Waals surface area contributed by atoms with Gasteiger partial charge < -0.3 is 10.9 Å². The van der Waals surface area contributed by atoms with Crippen LogP contribution >= 0.6 is 0 Å². The van der Waals surface area contributed by atoms with Gasteiger partial charge in [-0.2, -0.15) is 12.7 Å². The molecular formula is C7H18N4O3S. The van der Waals surface area contributed by atoms with Gasteiger partial charge in [0.25, 0.3) is 10.2 Å². The quantitative estimate of drug-likeness (QED) is 0.242. The van der Waals surface area contributed by atoms with Gasteiger partial charge in [0, 0.05) is 26.1 Å². The molecule has 7 nitrogen and oxygen atoms in total. The fraction of sp³-hybridized carbons (Fsp3) is 0.857. The lowest BCUT2D eigenvalue weighted by Gasteiger charge is -2.20. The first-order valence-electron chi connectivity index (χ1n) is 4.53. The number of hydrogen-bond acceptors (Lipinski definition) is 4. The highest BCUT2D eigenvalue weighted by Crippen LogP contribution is 2.02. The van der Waals surface area contributed by atoms with Crippen molar-refractivity contribution in [1.29, 1.82) is 0 Å². The average molecular weight is 238 g/mol. The van der Waals surface area contributed by atoms with E-state index in [0.29, 0.717) is 6.54 Å². The second-order valence-corrected chi connectivity index (χ2v) is 5.07. The number of nitrogens with one attached hydrogen (secondary N) is 1. The maximum Gasteiger partial charge on any atom is 0.279 e. The van der Waals surface area contributed by atoms with E-state index in [1.165, 1.54) is 7.05 Å². The maximum absolute atomic E-state index is 11.4. The highest BCUT2D eigenvalue weighted by Gasteiger charge is 2.20. The van der Waals surface area contributed by atoms with E-state index in [0.717, 1.165) is 4.31 Å². The summed E-state index contributed by atoms with van der Waals surface area (Å²) in [6.45, 7) is 3.85. The predicted octanol–water partition coefficient (Wildman–Crippen LogP) is -0.845. The van der Waals surface area contributed by atoms with Crippen molar-refractivity contribution >= 4 is 16.0 Å². The Morgan fingerprint density at radius 3 is 2.60 bits per heavy atom. The van der Waals surface area contributed by atoms with Crippen LogP contribution in [0.3, 0.4) is 0 Å². The van der Waals surface area contributed by atoms with Crippen molar-refractivity contribution in [2.75, 3.05) is 20.1 Å². The molecule has 0 fully saturated rings. The minimum Gasteiger partial charge on any atom is -0.409 e. The second-order valence-electron chi connectivity index (χ2n) is 3.21. The summed E-state index contributed by atoms with van der Waals surface area (Å²) in [7, 11) is -2.03. The van der Waals surface area contributed by atoms with Crippen molar-refractivity contribution in [3.63, 3.8) is 0 Å². The SMILES string of the molecule is CCNS(=O)(=O)N(C)CC(C)C(N)=NO. The molecule has 1 unspecified atom stereocenters. The van der Waals surface area contributed by atoms with E-state index in [1.807, 2.05) is 0 Å². The number of oxime groups is 1. The largest absolute Gasteiger partial charge is 0.409 e. The minimum atomic E-state index is -3.46. The summed E-state index contributed by atoms with van der Waals surface area (Å²) in [5.41, 5.74) is 5.34. The Bertz CT molecular complexity index is 314. The standard InChI is InChI=1S/C7H18N4O3S/c1-4-9-15(13,14)11(3)5-6(2)7(8)10-12/h6,9,12H,4-5H2,1-3H3,(H2,8,10). The van der Waals surface area contributed by atoms with E-state index in [-0.39, 0.29) is 18.3 Å². The van der Waals surface area contributed by atoms with Gasteiger partial charge >= 0.3 is 0 Å². The molecule has 0 aliphatic carbocycles. The molecular weight excluding hydrogens is 220 g/mol. The Balaban J connectivity index is 4.43. The molecule has 0 spiro atoms. The molecule has 0 saturated carbocycles. The van der Waals surface area contributed by atoms with Crippen LogP contribution in [-0.4, -0.2) is 43.9 Å². The third-order valence-corrected chi connectivity index (χ3v) is 3.51. The predicted molar refractivity (Wildman–Crippen MR) is 57.8 cm³/mol. The minimum absolute atomic E-state index is 0.00792. The molecule has 0 bridgehead atoms. The smallest absolute Gasteiger partial charge is 0.279 e. The third kappa shape index (κ3) is 4.45. The van der Waals surface area contributed by atoms with Gasteiger partial charge in [-0.1, -0.05) is 19.0 Å². The Kier molecular flexibility index (Phi) is 5.55. The van der Waals surface area contributed by atoms with Crippen molar-refractivity contribution in [2.45, 2.75) is 13.8 Å². The molecule has 15 heavy (non-hydrogen) atoms. The van der Waals surface area contributed by atoms with Crippen molar-refractivity contribution < 1.29 is 13.6 Å². The molecule has 0 saturated heterocycles. The van der Waals surface area contributed by atoms with Crippen LogP contribution in [0.25, 0.3) is 0 Å². The van der Waals surface area contributed by atoms with E-state index < -0.39 is 10.2 Å². The molecule has 8 heteroatoms. The number of nitrogens with two attached hydrogens (primary N) is 1. The second kappa shape index (κ2) is 5.89. The van der Waals surface area contributed by atoms with Crippen LogP contribution < -0.4 is 10.5 Å². The number of rotatable bonds is 6. The number of nitrogens with zero attached hydrogens (tertiary/aromatic N) is 2. The lowest BCUT2D eigenvalue weighted by molar-refractivity contribution is 0.312. The zero-order valence-electron chi connectivity index (χ0n) is 9.14. The molecule has 0 heterocycles. The summed E-state index contributed by atoms with van der Waals surface area (Å²) < 4.78 is 26.4. The van der Waals surface area contributed by atoms with Gasteiger partial charge in [0.2, 0.25) is 0 Å². The zero-order valence-corrected chi connectivity index (χ0v) is 9.95. The topological polar surface area (TPSA) is 108 Å². The molecule has 0 aliphatic rings. The fourth-order valence-corrected chi connectivity index (χ4v) is 1.97. The van der Waals surface area contributed by atoms with Crippen LogP contribution in [0.2, 0.25) is 0 Å². The first kappa shape index (κ1) is 14.1. The van der Waals surface area contributed by atoms with Crippen LogP contribution in [0.5, 0.6) is 0 Å². The molecule has 0 amide bonds. The Hall–Kier alpha value is -0.860. The van der Waals surface area contributed by atoms with Crippen molar-refractivity contribution in [2.24, 2.45) is 16.8 Å². The van der Waals surface area contributed by atoms with Gasteiger partial charge in [-0.3, -0.25) is 0 Å². The molecule has 0 aromatic carbocycles. The average Bonchev–Trinajstić information content (AvgIpc) is 2.16. The van der Waals surface area contributed by atoms with Crippen molar-refractivity contribution in [3.05, 3.63) is 0 Å². The van der Waals surface area contributed by atoms with Crippen LogP contribution in [-0.2, 0) is 10.2 Å². The van der Waals surface area contributed by atoms with Gasteiger partial charge in [0.1, 0.15) is 5.84 Å². The first-order chi connectivity index (χ1) is 6.85. The molecule has 4 N–H and O–H groups in total. The summed E-state index contributed by atoms with van der Waals surface area (Å²) in [5, 5.41) is 11.2. The Morgan fingerprint density at radius 2 is 2.20 bits per heavy atom. The highest BCUT2D eigenvalue weighted by molar-refractivity contribution is 7.87. The van der Waals surface area contributed by atoms with E-state index >= 15 is 0 Å². The third-order valence-electron chi connectivity index (χ3n) is 1.89. The lowest BCUT2D eigenvalue weighted by Crippen LogP contribution is -2.42. The van der Waals surface area contributed by atoms with Crippen LogP contribution in [0, 0.1) is 5.92 Å².